The molecule has 44 heavy (non-hydrogen) atoms. The average molecular weight is 627 g/mol. The van der Waals surface area contributed by atoms with Gasteiger partial charge in [-0.15, -0.1) is 0 Å². The van der Waals surface area contributed by atoms with Gasteiger partial charge in [-0.25, -0.2) is 9.59 Å². The molecule has 0 aromatic heterocycles. The Labute approximate surface area is 258 Å². The maximum Gasteiger partial charge on any atom is 0.343 e. The predicted molar refractivity (Wildman–Crippen MR) is 164 cm³/mol. The highest BCUT2D eigenvalue weighted by Gasteiger charge is 2.10. The molecule has 0 bridgehead atoms. The highest BCUT2D eigenvalue weighted by atomic mass is 32.2. The van der Waals surface area contributed by atoms with Crippen molar-refractivity contribution >= 4 is 22.1 Å². The van der Waals surface area contributed by atoms with Gasteiger partial charge in [0.05, 0.1) is 23.7 Å². The van der Waals surface area contributed by atoms with E-state index in [0.717, 1.165) is 38.5 Å². The van der Waals surface area contributed by atoms with Crippen LogP contribution in [-0.4, -0.2) is 44.9 Å². The summed E-state index contributed by atoms with van der Waals surface area (Å²) in [6, 6.07) is 18.5. The highest BCUT2D eigenvalue weighted by molar-refractivity contribution is 7.85. The monoisotopic (exact) mass is 626 g/mol. The maximum atomic E-state index is 12.5. The molecular weight excluding hydrogens is 588 g/mol. The number of esters is 2. The van der Waals surface area contributed by atoms with Crippen LogP contribution in [0.25, 0.3) is 0 Å². The Kier molecular flexibility index (Phi) is 14.2. The standard InChI is InChI=1S/C33H38O10S/c1-2-32(34)40-24-10-8-6-4-3-5-7-9-23-39-27-13-11-26(12-14-27)33(35)43-30-17-15-28(16-18-30)41-25-42-29-19-21-31(22-20-29)44(36,37)38/h2,11-22H,1,3-10,23-25H2,(H,36,37,38). The Balaban J connectivity index is 1.26. The minimum Gasteiger partial charge on any atom is -0.494 e. The molecule has 1 N–H and O–H groups in total. The van der Waals surface area contributed by atoms with Gasteiger partial charge in [0.2, 0.25) is 6.79 Å². The van der Waals surface area contributed by atoms with Crippen LogP contribution in [0.15, 0.2) is 90.3 Å². The van der Waals surface area contributed by atoms with Crippen molar-refractivity contribution in [3.8, 4) is 23.0 Å². The zero-order valence-corrected chi connectivity index (χ0v) is 25.3. The lowest BCUT2D eigenvalue weighted by Gasteiger charge is -2.10. The van der Waals surface area contributed by atoms with Crippen LogP contribution in [0.4, 0.5) is 0 Å². The summed E-state index contributed by atoms with van der Waals surface area (Å²) in [6.07, 6.45) is 9.79. The summed E-state index contributed by atoms with van der Waals surface area (Å²) in [4.78, 5) is 23.3. The maximum absolute atomic E-state index is 12.5. The quantitative estimate of drug-likeness (QED) is 0.0356. The van der Waals surface area contributed by atoms with Crippen LogP contribution in [0.2, 0.25) is 0 Å². The predicted octanol–water partition coefficient (Wildman–Crippen LogP) is 6.80. The van der Waals surface area contributed by atoms with Gasteiger partial charge in [0, 0.05) is 6.08 Å². The van der Waals surface area contributed by atoms with E-state index >= 15 is 0 Å². The van der Waals surface area contributed by atoms with E-state index in [1.54, 1.807) is 48.5 Å². The molecule has 11 heteroatoms. The molecule has 0 heterocycles. The number of rotatable bonds is 20. The molecule has 10 nitrogen and oxygen atoms in total. The first-order valence-corrected chi connectivity index (χ1v) is 15.9. The summed E-state index contributed by atoms with van der Waals surface area (Å²) in [5.74, 6) is 1.01. The molecule has 0 aliphatic carbocycles. The molecule has 0 spiro atoms. The molecule has 3 aromatic rings. The Morgan fingerprint density at radius 3 is 1.64 bits per heavy atom. The number of carbonyl (C=O) groups is 2. The summed E-state index contributed by atoms with van der Waals surface area (Å²) in [5.41, 5.74) is 0.393. The van der Waals surface area contributed by atoms with E-state index in [-0.39, 0.29) is 17.7 Å². The van der Waals surface area contributed by atoms with Crippen LogP contribution in [0.3, 0.4) is 0 Å². The van der Waals surface area contributed by atoms with Gasteiger partial charge >= 0.3 is 11.9 Å². The van der Waals surface area contributed by atoms with Crippen molar-refractivity contribution in [2.45, 2.75) is 56.3 Å². The summed E-state index contributed by atoms with van der Waals surface area (Å²) in [5, 5.41) is 0. The first-order chi connectivity index (χ1) is 21.2. The van der Waals surface area contributed by atoms with Gasteiger partial charge in [-0.3, -0.25) is 4.55 Å². The number of carbonyl (C=O) groups excluding carboxylic acids is 2. The van der Waals surface area contributed by atoms with Crippen molar-refractivity contribution in [3.05, 3.63) is 91.0 Å². The molecule has 0 saturated carbocycles. The van der Waals surface area contributed by atoms with Crippen LogP contribution in [0, 0.1) is 0 Å². The van der Waals surface area contributed by atoms with Crippen molar-refractivity contribution in [2.24, 2.45) is 0 Å². The minimum atomic E-state index is -4.27. The van der Waals surface area contributed by atoms with Gasteiger partial charge < -0.3 is 23.7 Å². The molecule has 0 atom stereocenters. The van der Waals surface area contributed by atoms with Gasteiger partial charge in [0.15, 0.2) is 0 Å². The minimum absolute atomic E-state index is 0.141. The first-order valence-electron chi connectivity index (χ1n) is 14.4. The second-order valence-electron chi connectivity index (χ2n) is 9.79. The first kappa shape index (κ1) is 34.1. The smallest absolute Gasteiger partial charge is 0.343 e. The van der Waals surface area contributed by atoms with Crippen LogP contribution in [-0.2, 0) is 19.6 Å². The Morgan fingerprint density at radius 2 is 1.09 bits per heavy atom. The summed E-state index contributed by atoms with van der Waals surface area (Å²) in [6.45, 7) is 4.30. The normalized spacial score (nSPS) is 10.9. The van der Waals surface area contributed by atoms with Gasteiger partial charge in [-0.05, 0) is 85.6 Å². The average Bonchev–Trinajstić information content (AvgIpc) is 3.02. The van der Waals surface area contributed by atoms with Crippen LogP contribution < -0.4 is 18.9 Å². The zero-order valence-electron chi connectivity index (χ0n) is 24.5. The van der Waals surface area contributed by atoms with Gasteiger partial charge in [-0.1, -0.05) is 45.1 Å². The second-order valence-corrected chi connectivity index (χ2v) is 11.2. The third-order valence-electron chi connectivity index (χ3n) is 6.42. The third kappa shape index (κ3) is 12.9. The number of unbranched alkanes of at least 4 members (excludes halogenated alkanes) is 7. The van der Waals surface area contributed by atoms with Gasteiger partial charge in [0.25, 0.3) is 10.1 Å². The van der Waals surface area contributed by atoms with Gasteiger partial charge in [-0.2, -0.15) is 8.42 Å². The number of benzene rings is 3. The fourth-order valence-corrected chi connectivity index (χ4v) is 4.50. The molecule has 0 amide bonds. The summed E-state index contributed by atoms with van der Waals surface area (Å²) >= 11 is 0. The molecule has 0 unspecified atom stereocenters. The molecule has 3 rings (SSSR count). The summed E-state index contributed by atoms with van der Waals surface area (Å²) < 4.78 is 58.3. The summed E-state index contributed by atoms with van der Waals surface area (Å²) in [7, 11) is -4.27. The molecule has 236 valence electrons. The van der Waals surface area contributed by atoms with Crippen LogP contribution in [0.5, 0.6) is 23.0 Å². The Bertz CT molecular complexity index is 1420. The molecule has 3 aromatic carbocycles. The topological polar surface area (TPSA) is 135 Å². The van der Waals surface area contributed by atoms with E-state index in [1.807, 2.05) is 0 Å². The van der Waals surface area contributed by atoms with E-state index in [2.05, 4.69) is 6.58 Å². The number of ether oxygens (including phenoxy) is 5. The lowest BCUT2D eigenvalue weighted by Crippen LogP contribution is -2.09. The zero-order chi connectivity index (χ0) is 31.6. The van der Waals surface area contributed by atoms with E-state index < -0.39 is 16.1 Å². The van der Waals surface area contributed by atoms with Crippen LogP contribution in [0.1, 0.15) is 61.7 Å². The third-order valence-corrected chi connectivity index (χ3v) is 7.28. The second kappa shape index (κ2) is 18.3. The molecule has 0 fully saturated rings. The molecular formula is C33H38O10S. The van der Waals surface area contributed by atoms with E-state index in [1.165, 1.54) is 43.2 Å². The molecule has 0 aliphatic rings. The van der Waals surface area contributed by atoms with Gasteiger partial charge in [0.1, 0.15) is 23.0 Å². The van der Waals surface area contributed by atoms with E-state index in [4.69, 9.17) is 28.2 Å². The largest absolute Gasteiger partial charge is 0.494 e. The van der Waals surface area contributed by atoms with Crippen molar-refractivity contribution in [2.75, 3.05) is 20.0 Å². The van der Waals surface area contributed by atoms with Crippen molar-refractivity contribution < 1.29 is 46.2 Å². The fourth-order valence-electron chi connectivity index (χ4n) is 4.02. The van der Waals surface area contributed by atoms with E-state index in [9.17, 15) is 18.0 Å². The van der Waals surface area contributed by atoms with Crippen molar-refractivity contribution in [3.63, 3.8) is 0 Å². The lowest BCUT2D eigenvalue weighted by molar-refractivity contribution is -0.137. The highest BCUT2D eigenvalue weighted by Crippen LogP contribution is 2.21. The number of hydrogen-bond donors (Lipinski definition) is 1. The number of hydrogen-bond acceptors (Lipinski definition) is 9. The molecule has 0 saturated heterocycles. The van der Waals surface area contributed by atoms with Crippen LogP contribution >= 0.6 is 0 Å². The molecule has 0 radical (unpaired) electrons. The molecule has 0 aliphatic heterocycles. The Hall–Kier alpha value is -4.35. The lowest BCUT2D eigenvalue weighted by atomic mass is 10.1. The Morgan fingerprint density at radius 1 is 0.636 bits per heavy atom. The van der Waals surface area contributed by atoms with Crippen molar-refractivity contribution in [1.29, 1.82) is 0 Å². The van der Waals surface area contributed by atoms with E-state index in [0.29, 0.717) is 41.8 Å². The fraction of sp³-hybridized carbons (Fsp3) is 0.333. The van der Waals surface area contributed by atoms with Crippen molar-refractivity contribution in [1.82, 2.24) is 0 Å². The SMILES string of the molecule is C=CC(=O)OCCCCCCCCCCOc1ccc(C(=O)Oc2ccc(OCOc3ccc(S(=O)(=O)O)cc3)cc2)cc1.